The van der Waals surface area contributed by atoms with Gasteiger partial charge in [0.1, 0.15) is 0 Å². The molecule has 0 fully saturated rings. The van der Waals surface area contributed by atoms with Crippen LogP contribution in [0, 0.1) is 5.82 Å². The third-order valence-corrected chi connectivity index (χ3v) is 4.04. The van der Waals surface area contributed by atoms with Crippen LogP contribution in [0.25, 0.3) is 17.2 Å². The van der Waals surface area contributed by atoms with Crippen molar-refractivity contribution in [1.82, 2.24) is 4.57 Å². The number of fused-ring (bicyclic) bond motifs is 1. The van der Waals surface area contributed by atoms with Crippen LogP contribution in [0.1, 0.15) is 29.8 Å². The fraction of sp³-hybridized carbons (Fsp3) is 0.143. The second kappa shape index (κ2) is 7.45. The van der Waals surface area contributed by atoms with Crippen LogP contribution in [0.3, 0.4) is 0 Å². The predicted molar refractivity (Wildman–Crippen MR) is 101 cm³/mol. The second-order valence-electron chi connectivity index (χ2n) is 6.32. The Kier molecular flexibility index (Phi) is 5.07. The molecular formula is C21H18FNO4. The number of hydrogen-bond acceptors (Lipinski definition) is 4. The highest BCUT2D eigenvalue weighted by Crippen LogP contribution is 2.21. The second-order valence-corrected chi connectivity index (χ2v) is 6.32. The van der Waals surface area contributed by atoms with E-state index in [-0.39, 0.29) is 16.9 Å². The fourth-order valence-corrected chi connectivity index (χ4v) is 2.61. The summed E-state index contributed by atoms with van der Waals surface area (Å²) in [7, 11) is 0. The minimum atomic E-state index is -0.769. The van der Waals surface area contributed by atoms with Crippen LogP contribution < -0.4 is 5.76 Å². The SMILES string of the molecule is CC(C)=CCn1c(=O)oc2c(C(=O)/C=C/c3ccc(O)c(F)c3)cccc21. The lowest BCUT2D eigenvalue weighted by Crippen LogP contribution is -2.12. The Morgan fingerprint density at radius 2 is 2.04 bits per heavy atom. The summed E-state index contributed by atoms with van der Waals surface area (Å²) in [5, 5.41) is 9.21. The summed E-state index contributed by atoms with van der Waals surface area (Å²) in [6.45, 7) is 4.22. The van der Waals surface area contributed by atoms with Gasteiger partial charge in [0.05, 0.1) is 11.1 Å². The first-order valence-electron chi connectivity index (χ1n) is 8.33. The van der Waals surface area contributed by atoms with Gasteiger partial charge in [-0.3, -0.25) is 9.36 Å². The summed E-state index contributed by atoms with van der Waals surface area (Å²) in [6, 6.07) is 8.78. The monoisotopic (exact) mass is 367 g/mol. The average Bonchev–Trinajstić information content (AvgIpc) is 2.95. The third-order valence-electron chi connectivity index (χ3n) is 4.04. The number of benzene rings is 2. The van der Waals surface area contributed by atoms with E-state index in [4.69, 9.17) is 4.42 Å². The first-order chi connectivity index (χ1) is 12.9. The molecule has 0 saturated carbocycles. The molecule has 3 aromatic rings. The van der Waals surface area contributed by atoms with E-state index in [1.54, 1.807) is 18.2 Å². The van der Waals surface area contributed by atoms with Gasteiger partial charge in [-0.1, -0.05) is 29.9 Å². The molecular weight excluding hydrogens is 349 g/mol. The molecule has 0 aliphatic heterocycles. The summed E-state index contributed by atoms with van der Waals surface area (Å²) < 4.78 is 20.1. The van der Waals surface area contributed by atoms with Gasteiger partial charge in [-0.05, 0) is 49.8 Å². The average molecular weight is 367 g/mol. The molecule has 27 heavy (non-hydrogen) atoms. The summed E-state index contributed by atoms with van der Waals surface area (Å²) in [5.41, 5.74) is 2.49. The van der Waals surface area contributed by atoms with E-state index in [0.717, 1.165) is 11.6 Å². The molecule has 6 heteroatoms. The number of ketones is 1. The van der Waals surface area contributed by atoms with Gasteiger partial charge in [0, 0.05) is 6.54 Å². The van der Waals surface area contributed by atoms with Crippen molar-refractivity contribution in [3.63, 3.8) is 0 Å². The highest BCUT2D eigenvalue weighted by molar-refractivity contribution is 6.13. The predicted octanol–water partition coefficient (Wildman–Crippen LogP) is 4.30. The molecule has 0 unspecified atom stereocenters. The molecule has 1 aromatic heterocycles. The highest BCUT2D eigenvalue weighted by Gasteiger charge is 2.15. The quantitative estimate of drug-likeness (QED) is 0.415. The Balaban J connectivity index is 1.96. The molecule has 0 aliphatic carbocycles. The van der Waals surface area contributed by atoms with Crippen molar-refractivity contribution in [2.75, 3.05) is 0 Å². The van der Waals surface area contributed by atoms with Gasteiger partial charge in [0.2, 0.25) is 0 Å². The topological polar surface area (TPSA) is 72.4 Å². The molecule has 0 spiro atoms. The molecule has 1 N–H and O–H groups in total. The van der Waals surface area contributed by atoms with Crippen LogP contribution in [0.2, 0.25) is 0 Å². The van der Waals surface area contributed by atoms with Crippen LogP contribution in [0.15, 0.2) is 63.3 Å². The summed E-state index contributed by atoms with van der Waals surface area (Å²) in [5.74, 6) is -2.14. The molecule has 3 rings (SSSR count). The number of hydrogen-bond donors (Lipinski definition) is 1. The number of phenols is 1. The van der Waals surface area contributed by atoms with Crippen molar-refractivity contribution >= 4 is 23.0 Å². The number of para-hydroxylation sites is 1. The zero-order valence-corrected chi connectivity index (χ0v) is 14.9. The Bertz CT molecular complexity index is 1130. The number of halogens is 1. The van der Waals surface area contributed by atoms with Gasteiger partial charge in [-0.15, -0.1) is 0 Å². The summed E-state index contributed by atoms with van der Waals surface area (Å²) >= 11 is 0. The third kappa shape index (κ3) is 3.89. The lowest BCUT2D eigenvalue weighted by Gasteiger charge is -2.00. The Hall–Kier alpha value is -3.41. The van der Waals surface area contributed by atoms with Crippen LogP contribution in [0.5, 0.6) is 5.75 Å². The van der Waals surface area contributed by atoms with Crippen LogP contribution in [-0.2, 0) is 6.54 Å². The van der Waals surface area contributed by atoms with Crippen LogP contribution >= 0.6 is 0 Å². The number of carbonyl (C=O) groups is 1. The summed E-state index contributed by atoms with van der Waals surface area (Å²) in [6.07, 6.45) is 4.60. The van der Waals surface area contributed by atoms with Crippen molar-refractivity contribution < 1.29 is 18.7 Å². The van der Waals surface area contributed by atoms with Gasteiger partial charge in [0.25, 0.3) is 0 Å². The molecule has 0 saturated heterocycles. The molecule has 0 aliphatic rings. The van der Waals surface area contributed by atoms with E-state index in [9.17, 15) is 19.1 Å². The smallest absolute Gasteiger partial charge is 0.420 e. The zero-order valence-electron chi connectivity index (χ0n) is 14.9. The number of phenolic OH excluding ortho intramolecular Hbond substituents is 1. The number of oxazole rings is 1. The molecule has 0 radical (unpaired) electrons. The van der Waals surface area contributed by atoms with Crippen LogP contribution in [0.4, 0.5) is 4.39 Å². The van der Waals surface area contributed by atoms with Crippen molar-refractivity contribution in [3.05, 3.63) is 81.6 Å². The van der Waals surface area contributed by atoms with E-state index in [2.05, 4.69) is 0 Å². The van der Waals surface area contributed by atoms with Crippen molar-refractivity contribution in [2.45, 2.75) is 20.4 Å². The first-order valence-corrected chi connectivity index (χ1v) is 8.33. The van der Waals surface area contributed by atoms with E-state index in [1.165, 1.54) is 28.9 Å². The maximum atomic E-state index is 13.4. The standard InChI is InChI=1S/C21H18FNO4/c1-13(2)10-11-23-17-5-3-4-15(20(17)27-21(23)26)18(24)8-6-14-7-9-19(25)16(22)12-14/h3-10,12,25H,11H2,1-2H3/b8-6+. The fourth-order valence-electron chi connectivity index (χ4n) is 2.61. The summed E-state index contributed by atoms with van der Waals surface area (Å²) in [4.78, 5) is 24.7. The molecule has 0 atom stereocenters. The Morgan fingerprint density at radius 3 is 2.74 bits per heavy atom. The lowest BCUT2D eigenvalue weighted by molar-refractivity contribution is 0.104. The number of nitrogens with zero attached hydrogens (tertiary/aromatic N) is 1. The van der Waals surface area contributed by atoms with Gasteiger partial charge in [-0.2, -0.15) is 0 Å². The van der Waals surface area contributed by atoms with Crippen LogP contribution in [-0.4, -0.2) is 15.5 Å². The minimum absolute atomic E-state index is 0.219. The van der Waals surface area contributed by atoms with Crippen molar-refractivity contribution in [1.29, 1.82) is 0 Å². The molecule has 138 valence electrons. The number of aromatic nitrogens is 1. The van der Waals surface area contributed by atoms with E-state index >= 15 is 0 Å². The van der Waals surface area contributed by atoms with E-state index < -0.39 is 17.3 Å². The molecule has 2 aromatic carbocycles. The Morgan fingerprint density at radius 1 is 1.26 bits per heavy atom. The molecule has 5 nitrogen and oxygen atoms in total. The number of aromatic hydroxyl groups is 1. The number of carbonyl (C=O) groups excluding carboxylic acids is 1. The maximum Gasteiger partial charge on any atom is 0.420 e. The van der Waals surface area contributed by atoms with Gasteiger partial charge >= 0.3 is 5.76 Å². The highest BCUT2D eigenvalue weighted by atomic mass is 19.1. The van der Waals surface area contributed by atoms with Gasteiger partial charge in [0.15, 0.2) is 22.9 Å². The molecule has 1 heterocycles. The Labute approximate surface area is 154 Å². The maximum absolute atomic E-state index is 13.4. The van der Waals surface area contributed by atoms with E-state index in [0.29, 0.717) is 17.6 Å². The van der Waals surface area contributed by atoms with Gasteiger partial charge < -0.3 is 9.52 Å². The van der Waals surface area contributed by atoms with E-state index in [1.807, 2.05) is 19.9 Å². The number of rotatable bonds is 5. The molecule has 0 bridgehead atoms. The normalized spacial score (nSPS) is 11.2. The largest absolute Gasteiger partial charge is 0.505 e. The zero-order chi connectivity index (χ0) is 19.6. The first kappa shape index (κ1) is 18.4. The lowest BCUT2D eigenvalue weighted by atomic mass is 10.1. The minimum Gasteiger partial charge on any atom is -0.505 e. The van der Waals surface area contributed by atoms with Crippen molar-refractivity contribution in [3.8, 4) is 5.75 Å². The van der Waals surface area contributed by atoms with Crippen molar-refractivity contribution in [2.24, 2.45) is 0 Å². The van der Waals surface area contributed by atoms with Gasteiger partial charge in [-0.25, -0.2) is 9.18 Å². The molecule has 0 amide bonds. The number of allylic oxidation sites excluding steroid dienone is 3.